The summed E-state index contributed by atoms with van der Waals surface area (Å²) >= 11 is 0. The van der Waals surface area contributed by atoms with E-state index in [1.807, 2.05) is 13.8 Å². The number of rotatable bonds is 7. The SMILES string of the molecule is CC(C)c1nc(C(=O)NCCCOC2CCNCC2)n[nH]1. The van der Waals surface area contributed by atoms with Gasteiger partial charge in [-0.3, -0.25) is 9.89 Å². The number of nitrogens with zero attached hydrogens (tertiary/aromatic N) is 2. The molecule has 1 aliphatic heterocycles. The Hall–Kier alpha value is -1.47. The minimum atomic E-state index is -0.236. The molecular weight excluding hydrogens is 270 g/mol. The summed E-state index contributed by atoms with van der Waals surface area (Å²) in [7, 11) is 0. The zero-order valence-corrected chi connectivity index (χ0v) is 12.8. The van der Waals surface area contributed by atoms with Crippen molar-refractivity contribution in [2.45, 2.75) is 45.1 Å². The Kier molecular flexibility index (Phi) is 6.13. The molecule has 1 amide bonds. The number of hydrogen-bond acceptors (Lipinski definition) is 5. The Bertz CT molecular complexity index is 440. The number of H-pyrrole nitrogens is 1. The average molecular weight is 295 g/mol. The van der Waals surface area contributed by atoms with Crippen LogP contribution in [0.2, 0.25) is 0 Å². The van der Waals surface area contributed by atoms with E-state index in [9.17, 15) is 4.79 Å². The minimum Gasteiger partial charge on any atom is -0.378 e. The Morgan fingerprint density at radius 1 is 1.43 bits per heavy atom. The van der Waals surface area contributed by atoms with Crippen LogP contribution < -0.4 is 10.6 Å². The molecule has 2 rings (SSSR count). The van der Waals surface area contributed by atoms with Crippen LogP contribution >= 0.6 is 0 Å². The van der Waals surface area contributed by atoms with E-state index >= 15 is 0 Å². The maximum absolute atomic E-state index is 11.8. The van der Waals surface area contributed by atoms with Crippen LogP contribution in [0.25, 0.3) is 0 Å². The van der Waals surface area contributed by atoms with Crippen molar-refractivity contribution in [3.63, 3.8) is 0 Å². The monoisotopic (exact) mass is 295 g/mol. The normalized spacial score (nSPS) is 16.3. The Labute approximate surface area is 125 Å². The summed E-state index contributed by atoms with van der Waals surface area (Å²) in [6.07, 6.45) is 3.31. The third kappa shape index (κ3) is 5.09. The van der Waals surface area contributed by atoms with E-state index in [2.05, 4.69) is 25.8 Å². The molecule has 1 fully saturated rings. The number of aromatic nitrogens is 3. The molecular formula is C14H25N5O2. The van der Waals surface area contributed by atoms with Crippen LogP contribution in [0.4, 0.5) is 0 Å². The van der Waals surface area contributed by atoms with Gasteiger partial charge in [0.1, 0.15) is 5.82 Å². The summed E-state index contributed by atoms with van der Waals surface area (Å²) in [5.74, 6) is 0.935. The van der Waals surface area contributed by atoms with Crippen molar-refractivity contribution >= 4 is 5.91 Å². The van der Waals surface area contributed by atoms with Gasteiger partial charge in [0, 0.05) is 19.1 Å². The van der Waals surface area contributed by atoms with E-state index in [1.165, 1.54) is 0 Å². The smallest absolute Gasteiger partial charge is 0.290 e. The van der Waals surface area contributed by atoms with E-state index in [0.717, 1.165) is 38.2 Å². The van der Waals surface area contributed by atoms with Crippen LogP contribution in [0.1, 0.15) is 55.5 Å². The molecule has 0 saturated carbocycles. The van der Waals surface area contributed by atoms with Crippen LogP contribution in [-0.2, 0) is 4.74 Å². The van der Waals surface area contributed by atoms with Gasteiger partial charge < -0.3 is 15.4 Å². The van der Waals surface area contributed by atoms with Crippen molar-refractivity contribution in [1.82, 2.24) is 25.8 Å². The third-order valence-corrected chi connectivity index (χ3v) is 3.50. The highest BCUT2D eigenvalue weighted by molar-refractivity contribution is 5.90. The molecule has 0 spiro atoms. The molecule has 118 valence electrons. The van der Waals surface area contributed by atoms with Gasteiger partial charge in [-0.2, -0.15) is 0 Å². The highest BCUT2D eigenvalue weighted by atomic mass is 16.5. The van der Waals surface area contributed by atoms with Crippen molar-refractivity contribution in [3.05, 3.63) is 11.6 Å². The topological polar surface area (TPSA) is 91.9 Å². The first-order valence-electron chi connectivity index (χ1n) is 7.69. The molecule has 0 atom stereocenters. The maximum Gasteiger partial charge on any atom is 0.290 e. The number of piperidine rings is 1. The van der Waals surface area contributed by atoms with E-state index in [0.29, 0.717) is 19.3 Å². The van der Waals surface area contributed by atoms with Gasteiger partial charge in [0.2, 0.25) is 5.82 Å². The Morgan fingerprint density at radius 3 is 2.86 bits per heavy atom. The number of carbonyl (C=O) groups is 1. The quantitative estimate of drug-likeness (QED) is 0.648. The van der Waals surface area contributed by atoms with Gasteiger partial charge in [0.15, 0.2) is 0 Å². The molecule has 1 saturated heterocycles. The summed E-state index contributed by atoms with van der Waals surface area (Å²) < 4.78 is 5.78. The molecule has 0 unspecified atom stereocenters. The Morgan fingerprint density at radius 2 is 2.19 bits per heavy atom. The van der Waals surface area contributed by atoms with Crippen molar-refractivity contribution < 1.29 is 9.53 Å². The highest BCUT2D eigenvalue weighted by Gasteiger charge is 2.14. The van der Waals surface area contributed by atoms with Crippen LogP contribution in [0.15, 0.2) is 0 Å². The van der Waals surface area contributed by atoms with Gasteiger partial charge in [0.05, 0.1) is 6.10 Å². The number of amides is 1. The molecule has 3 N–H and O–H groups in total. The largest absolute Gasteiger partial charge is 0.378 e. The lowest BCUT2D eigenvalue weighted by Gasteiger charge is -2.22. The van der Waals surface area contributed by atoms with Crippen molar-refractivity contribution in [2.24, 2.45) is 0 Å². The molecule has 1 aromatic rings. The second-order valence-corrected chi connectivity index (χ2v) is 5.63. The maximum atomic E-state index is 11.8. The molecule has 7 heteroatoms. The highest BCUT2D eigenvalue weighted by Crippen LogP contribution is 2.08. The van der Waals surface area contributed by atoms with Crippen LogP contribution in [0.5, 0.6) is 0 Å². The summed E-state index contributed by atoms with van der Waals surface area (Å²) in [6.45, 7) is 7.32. The second kappa shape index (κ2) is 8.09. The summed E-state index contributed by atoms with van der Waals surface area (Å²) in [4.78, 5) is 16.0. The van der Waals surface area contributed by atoms with E-state index in [-0.39, 0.29) is 17.6 Å². The van der Waals surface area contributed by atoms with Gasteiger partial charge in [0.25, 0.3) is 5.91 Å². The van der Waals surface area contributed by atoms with E-state index in [1.54, 1.807) is 0 Å². The van der Waals surface area contributed by atoms with E-state index < -0.39 is 0 Å². The van der Waals surface area contributed by atoms with Gasteiger partial charge in [-0.05, 0) is 32.4 Å². The minimum absolute atomic E-state index is 0.206. The van der Waals surface area contributed by atoms with Gasteiger partial charge in [-0.15, -0.1) is 5.10 Å². The van der Waals surface area contributed by atoms with Gasteiger partial charge in [-0.25, -0.2) is 4.98 Å². The summed E-state index contributed by atoms with van der Waals surface area (Å²) in [5.41, 5.74) is 0. The first-order chi connectivity index (χ1) is 10.2. The van der Waals surface area contributed by atoms with Gasteiger partial charge in [-0.1, -0.05) is 13.8 Å². The fourth-order valence-electron chi connectivity index (χ4n) is 2.20. The molecule has 21 heavy (non-hydrogen) atoms. The lowest BCUT2D eigenvalue weighted by molar-refractivity contribution is 0.0317. The lowest BCUT2D eigenvalue weighted by atomic mass is 10.1. The fraction of sp³-hybridized carbons (Fsp3) is 0.786. The van der Waals surface area contributed by atoms with Crippen molar-refractivity contribution in [3.8, 4) is 0 Å². The van der Waals surface area contributed by atoms with Crippen molar-refractivity contribution in [1.29, 1.82) is 0 Å². The van der Waals surface area contributed by atoms with Gasteiger partial charge >= 0.3 is 0 Å². The predicted molar refractivity (Wildman–Crippen MR) is 79.3 cm³/mol. The Balaban J connectivity index is 1.60. The van der Waals surface area contributed by atoms with Crippen LogP contribution in [0.3, 0.4) is 0 Å². The first kappa shape index (κ1) is 15.9. The summed E-state index contributed by atoms with van der Waals surface area (Å²) in [6, 6.07) is 0. The standard InChI is InChI=1S/C14H25N5O2/c1-10(2)12-17-13(19-18-12)14(20)16-6-3-9-21-11-4-7-15-8-5-11/h10-11,15H,3-9H2,1-2H3,(H,16,20)(H,17,18,19). The third-order valence-electron chi connectivity index (χ3n) is 3.50. The molecule has 0 aliphatic carbocycles. The average Bonchev–Trinajstić information content (AvgIpc) is 2.98. The zero-order valence-electron chi connectivity index (χ0n) is 12.8. The first-order valence-corrected chi connectivity index (χ1v) is 7.69. The van der Waals surface area contributed by atoms with Crippen molar-refractivity contribution in [2.75, 3.05) is 26.2 Å². The number of hydrogen-bond donors (Lipinski definition) is 3. The molecule has 7 nitrogen and oxygen atoms in total. The molecule has 1 aliphatic rings. The molecule has 0 aromatic carbocycles. The predicted octanol–water partition coefficient (Wildman–Crippen LogP) is 0.817. The van der Waals surface area contributed by atoms with Crippen LogP contribution in [-0.4, -0.2) is 53.4 Å². The zero-order chi connectivity index (χ0) is 15.1. The van der Waals surface area contributed by atoms with E-state index in [4.69, 9.17) is 4.74 Å². The number of ether oxygens (including phenoxy) is 1. The lowest BCUT2D eigenvalue weighted by Crippen LogP contribution is -2.33. The number of carbonyl (C=O) groups excluding carboxylic acids is 1. The molecule has 1 aromatic heterocycles. The molecule has 2 heterocycles. The second-order valence-electron chi connectivity index (χ2n) is 5.63. The fourth-order valence-corrected chi connectivity index (χ4v) is 2.20. The van der Waals surface area contributed by atoms with Crippen LogP contribution in [0, 0.1) is 0 Å². The number of nitrogens with one attached hydrogen (secondary N) is 3. The summed E-state index contributed by atoms with van der Waals surface area (Å²) in [5, 5.41) is 12.8. The molecule has 0 bridgehead atoms. The number of aromatic amines is 1. The molecule has 0 radical (unpaired) electrons.